The molecule has 0 aromatic heterocycles. The van der Waals surface area contributed by atoms with Crippen LogP contribution in [-0.2, 0) is 24.3 Å². The van der Waals surface area contributed by atoms with Crippen LogP contribution in [0.3, 0.4) is 0 Å². The maximum atomic E-state index is 12.7. The predicted molar refractivity (Wildman–Crippen MR) is 105 cm³/mol. The van der Waals surface area contributed by atoms with Gasteiger partial charge in [-0.3, -0.25) is 9.69 Å². The van der Waals surface area contributed by atoms with E-state index in [0.717, 1.165) is 6.42 Å². The second-order valence-corrected chi connectivity index (χ2v) is 8.89. The molecule has 1 aliphatic heterocycles. The van der Waals surface area contributed by atoms with Gasteiger partial charge in [-0.05, 0) is 18.1 Å². The van der Waals surface area contributed by atoms with Crippen LogP contribution < -0.4 is 5.32 Å². The van der Waals surface area contributed by atoms with E-state index < -0.39 is 22.0 Å². The minimum Gasteiger partial charge on any atom is -0.467 e. The fraction of sp³-hybridized carbons (Fsp3) is 0.579. The highest BCUT2D eigenvalue weighted by Crippen LogP contribution is 2.17. The lowest BCUT2D eigenvalue weighted by atomic mass is 9.99. The molecule has 1 saturated heterocycles. The summed E-state index contributed by atoms with van der Waals surface area (Å²) in [6.45, 7) is 5.47. The first-order valence-corrected chi connectivity index (χ1v) is 10.9. The Labute approximate surface area is 166 Å². The number of hydrogen-bond donors (Lipinski definition) is 1. The molecule has 0 spiro atoms. The molecule has 1 heterocycles. The van der Waals surface area contributed by atoms with E-state index in [0.29, 0.717) is 26.2 Å². The fourth-order valence-corrected chi connectivity index (χ4v) is 4.53. The van der Waals surface area contributed by atoms with Gasteiger partial charge in [-0.1, -0.05) is 38.5 Å². The fourth-order valence-electron chi connectivity index (χ4n) is 3.09. The first-order valence-electron chi connectivity index (χ1n) is 9.44. The standard InChI is InChI=1S/C19H29N3O5S/c1-4-15(2)18(19(24)27-3)20-17(23)14-21-10-12-22(13-11-21)28(25,26)16-8-6-5-7-9-16/h5-9,15,18H,4,10-14H2,1-3H3,(H,20,23)/t15-,18-/m0/s1. The molecule has 1 aliphatic rings. The zero-order chi connectivity index (χ0) is 20.7. The lowest BCUT2D eigenvalue weighted by molar-refractivity contribution is -0.146. The zero-order valence-electron chi connectivity index (χ0n) is 16.6. The summed E-state index contributed by atoms with van der Waals surface area (Å²) in [6, 6.07) is 7.65. The van der Waals surface area contributed by atoms with Crippen molar-refractivity contribution in [2.45, 2.75) is 31.2 Å². The molecule has 28 heavy (non-hydrogen) atoms. The summed E-state index contributed by atoms with van der Waals surface area (Å²) >= 11 is 0. The molecule has 1 aromatic carbocycles. The van der Waals surface area contributed by atoms with Crippen molar-refractivity contribution in [3.8, 4) is 0 Å². The number of carbonyl (C=O) groups excluding carboxylic acids is 2. The normalized spacial score (nSPS) is 18.2. The highest BCUT2D eigenvalue weighted by atomic mass is 32.2. The minimum atomic E-state index is -3.52. The van der Waals surface area contributed by atoms with Crippen molar-refractivity contribution in [3.63, 3.8) is 0 Å². The van der Waals surface area contributed by atoms with Gasteiger partial charge in [0.25, 0.3) is 0 Å². The molecule has 0 saturated carbocycles. The van der Waals surface area contributed by atoms with E-state index in [1.165, 1.54) is 11.4 Å². The Balaban J connectivity index is 1.89. The molecule has 1 aromatic rings. The number of piperazine rings is 1. The van der Waals surface area contributed by atoms with E-state index >= 15 is 0 Å². The molecule has 0 bridgehead atoms. The molecular formula is C19H29N3O5S. The van der Waals surface area contributed by atoms with E-state index in [1.807, 2.05) is 18.7 Å². The van der Waals surface area contributed by atoms with Gasteiger partial charge in [-0.25, -0.2) is 13.2 Å². The van der Waals surface area contributed by atoms with Crippen molar-refractivity contribution >= 4 is 21.9 Å². The summed E-state index contributed by atoms with van der Waals surface area (Å²) in [5.41, 5.74) is 0. The number of rotatable bonds is 8. The SMILES string of the molecule is CC[C@H](C)[C@H](NC(=O)CN1CCN(S(=O)(=O)c2ccccc2)CC1)C(=O)OC. The first-order chi connectivity index (χ1) is 13.3. The molecule has 0 aliphatic carbocycles. The first kappa shape index (κ1) is 22.3. The highest BCUT2D eigenvalue weighted by molar-refractivity contribution is 7.89. The summed E-state index contributed by atoms with van der Waals surface area (Å²) < 4.78 is 31.5. The third-order valence-corrected chi connectivity index (χ3v) is 6.98. The molecule has 0 unspecified atom stereocenters. The van der Waals surface area contributed by atoms with E-state index in [-0.39, 0.29) is 23.3 Å². The Kier molecular flexibility index (Phi) is 7.97. The van der Waals surface area contributed by atoms with Crippen LogP contribution >= 0.6 is 0 Å². The number of nitrogens with one attached hydrogen (secondary N) is 1. The maximum absolute atomic E-state index is 12.7. The van der Waals surface area contributed by atoms with Gasteiger partial charge in [0.15, 0.2) is 0 Å². The van der Waals surface area contributed by atoms with Crippen molar-refractivity contribution in [1.29, 1.82) is 0 Å². The van der Waals surface area contributed by atoms with Crippen LogP contribution in [0.1, 0.15) is 20.3 Å². The van der Waals surface area contributed by atoms with Gasteiger partial charge < -0.3 is 10.1 Å². The Morgan fingerprint density at radius 2 is 1.75 bits per heavy atom. The Hall–Kier alpha value is -1.97. The second kappa shape index (κ2) is 9.99. The quantitative estimate of drug-likeness (QED) is 0.633. The van der Waals surface area contributed by atoms with E-state index in [4.69, 9.17) is 4.74 Å². The van der Waals surface area contributed by atoms with Crippen molar-refractivity contribution in [3.05, 3.63) is 30.3 Å². The number of amides is 1. The summed E-state index contributed by atoms with van der Waals surface area (Å²) in [5.74, 6) is -0.763. The average molecular weight is 412 g/mol. The van der Waals surface area contributed by atoms with E-state index in [2.05, 4.69) is 5.32 Å². The molecule has 9 heteroatoms. The minimum absolute atomic E-state index is 0.0377. The Bertz CT molecular complexity index is 761. The van der Waals surface area contributed by atoms with Crippen LogP contribution in [0.4, 0.5) is 0 Å². The molecule has 1 N–H and O–H groups in total. The van der Waals surface area contributed by atoms with Crippen LogP contribution in [0.15, 0.2) is 35.2 Å². The molecule has 156 valence electrons. The lowest BCUT2D eigenvalue weighted by Crippen LogP contribution is -2.53. The zero-order valence-corrected chi connectivity index (χ0v) is 17.4. The molecule has 8 nitrogen and oxygen atoms in total. The Morgan fingerprint density at radius 1 is 1.14 bits per heavy atom. The van der Waals surface area contributed by atoms with Gasteiger partial charge >= 0.3 is 5.97 Å². The third kappa shape index (κ3) is 5.52. The predicted octanol–water partition coefficient (Wildman–Crippen LogP) is 0.697. The van der Waals surface area contributed by atoms with Crippen LogP contribution in [0, 0.1) is 5.92 Å². The molecular weight excluding hydrogens is 382 g/mol. The number of carbonyl (C=O) groups is 2. The number of benzene rings is 1. The monoisotopic (exact) mass is 411 g/mol. The van der Waals surface area contributed by atoms with Crippen LogP contribution in [-0.4, -0.2) is 75.4 Å². The van der Waals surface area contributed by atoms with Gasteiger partial charge in [-0.15, -0.1) is 0 Å². The van der Waals surface area contributed by atoms with Crippen LogP contribution in [0.2, 0.25) is 0 Å². The number of hydrogen-bond acceptors (Lipinski definition) is 6. The molecule has 2 atom stereocenters. The van der Waals surface area contributed by atoms with Gasteiger partial charge in [-0.2, -0.15) is 4.31 Å². The second-order valence-electron chi connectivity index (χ2n) is 6.95. The topological polar surface area (TPSA) is 96.0 Å². The number of sulfonamides is 1. The third-order valence-electron chi connectivity index (χ3n) is 5.06. The van der Waals surface area contributed by atoms with Gasteiger partial charge in [0.2, 0.25) is 15.9 Å². The number of nitrogens with zero attached hydrogens (tertiary/aromatic N) is 2. The van der Waals surface area contributed by atoms with Crippen molar-refractivity contribution in [2.75, 3.05) is 39.8 Å². The number of esters is 1. The van der Waals surface area contributed by atoms with E-state index in [1.54, 1.807) is 30.3 Å². The van der Waals surface area contributed by atoms with E-state index in [9.17, 15) is 18.0 Å². The van der Waals surface area contributed by atoms with Crippen LogP contribution in [0.25, 0.3) is 0 Å². The van der Waals surface area contributed by atoms with Crippen LogP contribution in [0.5, 0.6) is 0 Å². The van der Waals surface area contributed by atoms with Gasteiger partial charge in [0.05, 0.1) is 18.6 Å². The smallest absolute Gasteiger partial charge is 0.328 e. The lowest BCUT2D eigenvalue weighted by Gasteiger charge is -2.34. The number of methoxy groups -OCH3 is 1. The van der Waals surface area contributed by atoms with Crippen molar-refractivity contribution in [1.82, 2.24) is 14.5 Å². The summed E-state index contributed by atoms with van der Waals surface area (Å²) in [5, 5.41) is 2.75. The highest BCUT2D eigenvalue weighted by Gasteiger charge is 2.30. The van der Waals surface area contributed by atoms with Gasteiger partial charge in [0, 0.05) is 26.2 Å². The summed E-state index contributed by atoms with van der Waals surface area (Å²) in [6.07, 6.45) is 0.732. The average Bonchev–Trinajstić information content (AvgIpc) is 2.72. The van der Waals surface area contributed by atoms with Crippen molar-refractivity contribution in [2.24, 2.45) is 5.92 Å². The molecule has 1 amide bonds. The maximum Gasteiger partial charge on any atom is 0.328 e. The summed E-state index contributed by atoms with van der Waals surface area (Å²) in [4.78, 5) is 26.4. The molecule has 2 rings (SSSR count). The molecule has 1 fully saturated rings. The summed E-state index contributed by atoms with van der Waals surface area (Å²) in [7, 11) is -2.22. The van der Waals surface area contributed by atoms with Gasteiger partial charge in [0.1, 0.15) is 6.04 Å². The Morgan fingerprint density at radius 3 is 2.29 bits per heavy atom. The molecule has 0 radical (unpaired) electrons. The largest absolute Gasteiger partial charge is 0.467 e. The number of ether oxygens (including phenoxy) is 1. The van der Waals surface area contributed by atoms with Crippen molar-refractivity contribution < 1.29 is 22.7 Å².